The number of benzene rings is 2. The SMILES string of the molecule is CC(C)(C)c1ccc(N=Nc2c(O)[nH]c3ccc(F)cc23)cc1. The zero-order chi connectivity index (χ0) is 16.6. The van der Waals surface area contributed by atoms with E-state index in [4.69, 9.17) is 0 Å². The third kappa shape index (κ3) is 3.08. The summed E-state index contributed by atoms with van der Waals surface area (Å²) in [6.07, 6.45) is 0. The molecule has 0 atom stereocenters. The summed E-state index contributed by atoms with van der Waals surface area (Å²) in [5.41, 5.74) is 2.79. The quantitative estimate of drug-likeness (QED) is 0.584. The van der Waals surface area contributed by atoms with Crippen LogP contribution in [0.1, 0.15) is 26.3 Å². The molecule has 2 N–H and O–H groups in total. The van der Waals surface area contributed by atoms with Crippen LogP contribution in [0.4, 0.5) is 15.8 Å². The van der Waals surface area contributed by atoms with Crippen molar-refractivity contribution < 1.29 is 9.50 Å². The molecule has 0 saturated carbocycles. The minimum absolute atomic E-state index is 0.0717. The summed E-state index contributed by atoms with van der Waals surface area (Å²) in [5.74, 6) is -0.511. The van der Waals surface area contributed by atoms with E-state index in [0.29, 0.717) is 16.6 Å². The number of aromatic amines is 1. The number of halogens is 1. The molecular weight excluding hydrogens is 293 g/mol. The number of hydrogen-bond acceptors (Lipinski definition) is 3. The third-order valence-corrected chi connectivity index (χ3v) is 3.71. The number of rotatable bonds is 2. The van der Waals surface area contributed by atoms with Gasteiger partial charge in [-0.05, 0) is 41.3 Å². The zero-order valence-electron chi connectivity index (χ0n) is 13.3. The highest BCUT2D eigenvalue weighted by atomic mass is 19.1. The van der Waals surface area contributed by atoms with Crippen LogP contribution in [0, 0.1) is 5.82 Å². The molecule has 23 heavy (non-hydrogen) atoms. The highest BCUT2D eigenvalue weighted by Gasteiger charge is 2.13. The van der Waals surface area contributed by atoms with E-state index in [1.807, 2.05) is 24.3 Å². The Kier molecular flexibility index (Phi) is 3.64. The van der Waals surface area contributed by atoms with Crippen LogP contribution in [0.15, 0.2) is 52.7 Å². The topological polar surface area (TPSA) is 60.7 Å². The van der Waals surface area contributed by atoms with E-state index in [2.05, 4.69) is 36.0 Å². The molecule has 0 unspecified atom stereocenters. The Morgan fingerprint density at radius 2 is 1.70 bits per heavy atom. The van der Waals surface area contributed by atoms with E-state index in [1.54, 1.807) is 6.07 Å². The fourth-order valence-corrected chi connectivity index (χ4v) is 2.37. The second-order valence-corrected chi connectivity index (χ2v) is 6.51. The monoisotopic (exact) mass is 311 g/mol. The summed E-state index contributed by atoms with van der Waals surface area (Å²) < 4.78 is 13.4. The standard InChI is InChI=1S/C18H18FN3O/c1-18(2,3)11-4-7-13(8-5-11)21-22-16-14-10-12(19)6-9-15(14)20-17(16)23/h4-10,20,23H,1-3H3. The van der Waals surface area contributed by atoms with E-state index in [-0.39, 0.29) is 22.8 Å². The Morgan fingerprint density at radius 3 is 2.35 bits per heavy atom. The van der Waals surface area contributed by atoms with Crippen molar-refractivity contribution in [1.29, 1.82) is 0 Å². The molecule has 2 aromatic carbocycles. The Bertz CT molecular complexity index is 874. The zero-order valence-corrected chi connectivity index (χ0v) is 13.3. The van der Waals surface area contributed by atoms with Gasteiger partial charge in [-0.1, -0.05) is 32.9 Å². The first-order chi connectivity index (χ1) is 10.8. The Balaban J connectivity index is 1.94. The van der Waals surface area contributed by atoms with Crippen molar-refractivity contribution in [3.63, 3.8) is 0 Å². The van der Waals surface area contributed by atoms with E-state index < -0.39 is 0 Å². The number of aromatic nitrogens is 1. The van der Waals surface area contributed by atoms with Crippen molar-refractivity contribution in [2.24, 2.45) is 10.2 Å². The van der Waals surface area contributed by atoms with Gasteiger partial charge in [0.15, 0.2) is 5.69 Å². The molecule has 5 heteroatoms. The van der Waals surface area contributed by atoms with Crippen LogP contribution < -0.4 is 0 Å². The number of fused-ring (bicyclic) bond motifs is 1. The van der Waals surface area contributed by atoms with Crippen molar-refractivity contribution in [1.82, 2.24) is 4.98 Å². The van der Waals surface area contributed by atoms with E-state index in [0.717, 1.165) is 0 Å². The van der Waals surface area contributed by atoms with Gasteiger partial charge < -0.3 is 10.1 Å². The number of nitrogens with one attached hydrogen (secondary N) is 1. The van der Waals surface area contributed by atoms with Crippen molar-refractivity contribution in [2.75, 3.05) is 0 Å². The van der Waals surface area contributed by atoms with E-state index >= 15 is 0 Å². The number of azo groups is 1. The highest BCUT2D eigenvalue weighted by molar-refractivity contribution is 5.94. The van der Waals surface area contributed by atoms with Crippen LogP contribution in [-0.2, 0) is 5.41 Å². The molecule has 0 radical (unpaired) electrons. The van der Waals surface area contributed by atoms with Gasteiger partial charge in [-0.15, -0.1) is 5.11 Å². The number of H-pyrrole nitrogens is 1. The molecule has 0 aliphatic heterocycles. The van der Waals surface area contributed by atoms with Gasteiger partial charge in [0, 0.05) is 5.39 Å². The lowest BCUT2D eigenvalue weighted by molar-refractivity contribution is 0.459. The fraction of sp³-hybridized carbons (Fsp3) is 0.222. The molecule has 4 nitrogen and oxygen atoms in total. The summed E-state index contributed by atoms with van der Waals surface area (Å²) in [6.45, 7) is 6.42. The molecule has 3 aromatic rings. The minimum atomic E-state index is -0.387. The molecule has 0 amide bonds. The van der Waals surface area contributed by atoms with Gasteiger partial charge in [-0.2, -0.15) is 5.11 Å². The molecule has 0 bridgehead atoms. The molecule has 3 rings (SSSR count). The van der Waals surface area contributed by atoms with E-state index in [9.17, 15) is 9.50 Å². The van der Waals surface area contributed by atoms with Crippen LogP contribution in [0.3, 0.4) is 0 Å². The third-order valence-electron chi connectivity index (χ3n) is 3.71. The number of aromatic hydroxyl groups is 1. The molecule has 0 aliphatic rings. The summed E-state index contributed by atoms with van der Waals surface area (Å²) in [7, 11) is 0. The predicted molar refractivity (Wildman–Crippen MR) is 89.2 cm³/mol. The van der Waals surface area contributed by atoms with Gasteiger partial charge in [0.2, 0.25) is 5.88 Å². The lowest BCUT2D eigenvalue weighted by atomic mass is 9.87. The summed E-state index contributed by atoms with van der Waals surface area (Å²) in [4.78, 5) is 2.75. The van der Waals surface area contributed by atoms with Gasteiger partial charge in [-0.25, -0.2) is 4.39 Å². The molecule has 1 heterocycles. The van der Waals surface area contributed by atoms with E-state index in [1.165, 1.54) is 17.7 Å². The van der Waals surface area contributed by atoms with Gasteiger partial charge in [-0.3, -0.25) is 0 Å². The van der Waals surface area contributed by atoms with Crippen molar-refractivity contribution in [2.45, 2.75) is 26.2 Å². The normalized spacial score (nSPS) is 12.3. The lowest BCUT2D eigenvalue weighted by Gasteiger charge is -2.18. The maximum Gasteiger partial charge on any atom is 0.218 e. The highest BCUT2D eigenvalue weighted by Crippen LogP contribution is 2.36. The Labute approximate surface area is 133 Å². The molecule has 0 spiro atoms. The maximum atomic E-state index is 13.4. The van der Waals surface area contributed by atoms with Crippen LogP contribution in [-0.4, -0.2) is 10.1 Å². The Morgan fingerprint density at radius 1 is 1.00 bits per heavy atom. The average Bonchev–Trinajstić information content (AvgIpc) is 2.79. The number of nitrogens with zero attached hydrogens (tertiary/aromatic N) is 2. The van der Waals surface area contributed by atoms with Gasteiger partial charge in [0.05, 0.1) is 11.2 Å². The van der Waals surface area contributed by atoms with Gasteiger partial charge >= 0.3 is 0 Å². The first-order valence-electron chi connectivity index (χ1n) is 7.37. The largest absolute Gasteiger partial charge is 0.493 e. The summed E-state index contributed by atoms with van der Waals surface area (Å²) in [6, 6.07) is 12.0. The predicted octanol–water partition coefficient (Wildman–Crippen LogP) is 5.73. The summed E-state index contributed by atoms with van der Waals surface area (Å²) in [5, 5.41) is 18.6. The molecule has 0 aliphatic carbocycles. The first-order valence-corrected chi connectivity index (χ1v) is 7.37. The molecule has 0 saturated heterocycles. The Hall–Kier alpha value is -2.69. The van der Waals surface area contributed by atoms with Crippen LogP contribution >= 0.6 is 0 Å². The second-order valence-electron chi connectivity index (χ2n) is 6.51. The van der Waals surface area contributed by atoms with Crippen LogP contribution in [0.25, 0.3) is 10.9 Å². The van der Waals surface area contributed by atoms with Crippen molar-refractivity contribution >= 4 is 22.3 Å². The number of hydrogen-bond donors (Lipinski definition) is 2. The average molecular weight is 311 g/mol. The summed E-state index contributed by atoms with van der Waals surface area (Å²) >= 11 is 0. The minimum Gasteiger partial charge on any atom is -0.493 e. The fourth-order valence-electron chi connectivity index (χ4n) is 2.37. The van der Waals surface area contributed by atoms with Crippen LogP contribution in [0.5, 0.6) is 5.88 Å². The van der Waals surface area contributed by atoms with Crippen molar-refractivity contribution in [3.8, 4) is 5.88 Å². The van der Waals surface area contributed by atoms with Crippen molar-refractivity contribution in [3.05, 3.63) is 53.8 Å². The van der Waals surface area contributed by atoms with Gasteiger partial charge in [0.1, 0.15) is 5.82 Å². The lowest BCUT2D eigenvalue weighted by Crippen LogP contribution is -2.10. The molecule has 0 fully saturated rings. The van der Waals surface area contributed by atoms with Gasteiger partial charge in [0.25, 0.3) is 0 Å². The molecule has 118 valence electrons. The maximum absolute atomic E-state index is 13.4. The molecule has 1 aromatic heterocycles. The smallest absolute Gasteiger partial charge is 0.218 e. The van der Waals surface area contributed by atoms with Crippen LogP contribution in [0.2, 0.25) is 0 Å². The first kappa shape index (κ1) is 15.2. The molecular formula is C18H18FN3O. The second kappa shape index (κ2) is 5.50.